The smallest absolute Gasteiger partial charge is 0.248 e. The molecule has 1 unspecified atom stereocenters. The van der Waals surface area contributed by atoms with E-state index in [4.69, 9.17) is 4.52 Å². The van der Waals surface area contributed by atoms with Gasteiger partial charge < -0.3 is 14.7 Å². The number of thioether (sulfide) groups is 1. The Morgan fingerprint density at radius 2 is 2.00 bits per heavy atom. The zero-order chi connectivity index (χ0) is 21.8. The van der Waals surface area contributed by atoms with Gasteiger partial charge >= 0.3 is 0 Å². The van der Waals surface area contributed by atoms with E-state index >= 15 is 0 Å². The highest BCUT2D eigenvalue weighted by Crippen LogP contribution is 2.24. The summed E-state index contributed by atoms with van der Waals surface area (Å²) in [5.41, 5.74) is 3.82. The number of benzene rings is 1. The van der Waals surface area contributed by atoms with Crippen LogP contribution in [-0.2, 0) is 16.0 Å². The maximum atomic E-state index is 12.8. The molecule has 0 bridgehead atoms. The molecule has 0 radical (unpaired) electrons. The molecule has 0 spiro atoms. The Kier molecular flexibility index (Phi) is 6.31. The summed E-state index contributed by atoms with van der Waals surface area (Å²) >= 11 is 1.57. The van der Waals surface area contributed by atoms with Gasteiger partial charge in [-0.25, -0.2) is 0 Å². The van der Waals surface area contributed by atoms with Gasteiger partial charge in [0.15, 0.2) is 0 Å². The first kappa shape index (κ1) is 21.0. The molecule has 1 aliphatic heterocycles. The minimum absolute atomic E-state index is 0.103. The molecule has 4 rings (SSSR count). The number of anilines is 1. The van der Waals surface area contributed by atoms with E-state index in [1.807, 2.05) is 32.0 Å². The van der Waals surface area contributed by atoms with Crippen LogP contribution in [0.5, 0.6) is 0 Å². The number of carbonyl (C=O) groups excluding carboxylic acids is 2. The van der Waals surface area contributed by atoms with Crippen LogP contribution in [0.1, 0.15) is 23.4 Å². The molecule has 1 saturated heterocycles. The molecule has 1 fully saturated rings. The molecular formula is C22H23N5O3S. The summed E-state index contributed by atoms with van der Waals surface area (Å²) in [4.78, 5) is 35.5. The molecule has 3 heterocycles. The van der Waals surface area contributed by atoms with Crippen molar-refractivity contribution < 1.29 is 14.1 Å². The number of hydrogen-bond acceptors (Lipinski definition) is 7. The van der Waals surface area contributed by atoms with Crippen molar-refractivity contribution >= 4 is 29.3 Å². The number of nitrogens with one attached hydrogen (secondary N) is 1. The Morgan fingerprint density at radius 3 is 2.77 bits per heavy atom. The van der Waals surface area contributed by atoms with Crippen LogP contribution in [0.4, 0.5) is 5.69 Å². The minimum atomic E-state index is -0.492. The van der Waals surface area contributed by atoms with Crippen LogP contribution in [0.2, 0.25) is 0 Å². The molecule has 1 N–H and O–H groups in total. The summed E-state index contributed by atoms with van der Waals surface area (Å²) in [6, 6.07) is 8.89. The SMILES string of the molecule is Cc1ccc(NC(=O)C2CSCN2C(=O)CCc2nc(-c3ccncc3)no2)cc1C. The zero-order valence-corrected chi connectivity index (χ0v) is 18.2. The van der Waals surface area contributed by atoms with Crippen molar-refractivity contribution in [2.45, 2.75) is 32.7 Å². The first-order valence-electron chi connectivity index (χ1n) is 9.99. The predicted octanol–water partition coefficient (Wildman–Crippen LogP) is 3.22. The monoisotopic (exact) mass is 437 g/mol. The van der Waals surface area contributed by atoms with Crippen molar-refractivity contribution in [1.82, 2.24) is 20.0 Å². The van der Waals surface area contributed by atoms with Gasteiger partial charge in [0.2, 0.25) is 23.5 Å². The van der Waals surface area contributed by atoms with E-state index < -0.39 is 6.04 Å². The number of aryl methyl sites for hydroxylation is 3. The second kappa shape index (κ2) is 9.30. The Hall–Kier alpha value is -3.20. The fourth-order valence-electron chi connectivity index (χ4n) is 3.28. The first-order valence-corrected chi connectivity index (χ1v) is 11.1. The first-order chi connectivity index (χ1) is 15.0. The van der Waals surface area contributed by atoms with Crippen LogP contribution in [-0.4, -0.2) is 49.5 Å². The van der Waals surface area contributed by atoms with Crippen LogP contribution in [0.3, 0.4) is 0 Å². The molecule has 2 amide bonds. The van der Waals surface area contributed by atoms with E-state index in [-0.39, 0.29) is 18.2 Å². The molecule has 1 aliphatic rings. The molecule has 3 aromatic rings. The Labute approximate surface area is 184 Å². The van der Waals surface area contributed by atoms with Gasteiger partial charge in [-0.15, -0.1) is 11.8 Å². The number of pyridine rings is 1. The van der Waals surface area contributed by atoms with Gasteiger partial charge in [0.25, 0.3) is 0 Å². The van der Waals surface area contributed by atoms with E-state index in [0.29, 0.717) is 29.8 Å². The van der Waals surface area contributed by atoms with Crippen LogP contribution >= 0.6 is 11.8 Å². The van der Waals surface area contributed by atoms with E-state index in [9.17, 15) is 9.59 Å². The highest BCUT2D eigenvalue weighted by Gasteiger charge is 2.34. The maximum absolute atomic E-state index is 12.8. The summed E-state index contributed by atoms with van der Waals surface area (Å²) in [6.07, 6.45) is 3.83. The van der Waals surface area contributed by atoms with Crippen molar-refractivity contribution in [3.8, 4) is 11.4 Å². The predicted molar refractivity (Wildman–Crippen MR) is 118 cm³/mol. The Morgan fingerprint density at radius 1 is 1.19 bits per heavy atom. The van der Waals surface area contributed by atoms with Crippen molar-refractivity contribution in [2.24, 2.45) is 0 Å². The van der Waals surface area contributed by atoms with Crippen molar-refractivity contribution in [2.75, 3.05) is 16.9 Å². The lowest BCUT2D eigenvalue weighted by Crippen LogP contribution is -2.44. The minimum Gasteiger partial charge on any atom is -0.339 e. The van der Waals surface area contributed by atoms with E-state index in [0.717, 1.165) is 16.8 Å². The van der Waals surface area contributed by atoms with Gasteiger partial charge in [-0.2, -0.15) is 4.98 Å². The second-order valence-corrected chi connectivity index (χ2v) is 8.41. The molecule has 8 nitrogen and oxygen atoms in total. The van der Waals surface area contributed by atoms with E-state index in [1.165, 1.54) is 5.56 Å². The molecule has 31 heavy (non-hydrogen) atoms. The number of carbonyl (C=O) groups is 2. The molecule has 160 valence electrons. The largest absolute Gasteiger partial charge is 0.339 e. The number of nitrogens with zero attached hydrogens (tertiary/aromatic N) is 4. The third kappa shape index (κ3) is 4.93. The molecule has 1 atom stereocenters. The summed E-state index contributed by atoms with van der Waals surface area (Å²) in [7, 11) is 0. The number of rotatable bonds is 6. The third-order valence-corrected chi connectivity index (χ3v) is 6.25. The van der Waals surface area contributed by atoms with Crippen LogP contribution in [0, 0.1) is 13.8 Å². The molecule has 0 aliphatic carbocycles. The fourth-order valence-corrected chi connectivity index (χ4v) is 4.46. The van der Waals surface area contributed by atoms with E-state index in [1.54, 1.807) is 41.2 Å². The van der Waals surface area contributed by atoms with Crippen LogP contribution < -0.4 is 5.32 Å². The number of amides is 2. The average molecular weight is 438 g/mol. The van der Waals surface area contributed by atoms with Gasteiger partial charge in [0.1, 0.15) is 6.04 Å². The fraction of sp³-hybridized carbons (Fsp3) is 0.318. The summed E-state index contributed by atoms with van der Waals surface area (Å²) < 4.78 is 5.27. The Balaban J connectivity index is 1.35. The number of aromatic nitrogens is 3. The van der Waals surface area contributed by atoms with Gasteiger partial charge in [0, 0.05) is 42.2 Å². The average Bonchev–Trinajstić information content (AvgIpc) is 3.45. The van der Waals surface area contributed by atoms with Crippen molar-refractivity contribution in [3.05, 3.63) is 59.7 Å². The third-order valence-electron chi connectivity index (χ3n) is 5.24. The lowest BCUT2D eigenvalue weighted by atomic mass is 10.1. The summed E-state index contributed by atoms with van der Waals surface area (Å²) in [5, 5.41) is 6.90. The topological polar surface area (TPSA) is 101 Å². The zero-order valence-electron chi connectivity index (χ0n) is 17.4. The van der Waals surface area contributed by atoms with Gasteiger partial charge in [-0.05, 0) is 49.2 Å². The lowest BCUT2D eigenvalue weighted by Gasteiger charge is -2.23. The lowest BCUT2D eigenvalue weighted by molar-refractivity contribution is -0.136. The molecule has 9 heteroatoms. The maximum Gasteiger partial charge on any atom is 0.248 e. The molecule has 0 saturated carbocycles. The van der Waals surface area contributed by atoms with Gasteiger partial charge in [-0.1, -0.05) is 11.2 Å². The summed E-state index contributed by atoms with van der Waals surface area (Å²) in [6.45, 7) is 4.03. The quantitative estimate of drug-likeness (QED) is 0.632. The van der Waals surface area contributed by atoms with Gasteiger partial charge in [-0.3, -0.25) is 14.6 Å². The highest BCUT2D eigenvalue weighted by molar-refractivity contribution is 7.99. The second-order valence-electron chi connectivity index (χ2n) is 7.42. The molecule has 1 aromatic carbocycles. The van der Waals surface area contributed by atoms with Crippen LogP contribution in [0.15, 0.2) is 47.2 Å². The van der Waals surface area contributed by atoms with Crippen molar-refractivity contribution in [1.29, 1.82) is 0 Å². The standard InChI is InChI=1S/C22H23N5O3S/c1-14-3-4-17(11-15(14)2)24-22(29)18-12-31-13-27(18)20(28)6-5-19-25-21(26-30-19)16-7-9-23-10-8-16/h3-4,7-11,18H,5-6,12-13H2,1-2H3,(H,24,29). The van der Waals surface area contributed by atoms with Crippen molar-refractivity contribution in [3.63, 3.8) is 0 Å². The van der Waals surface area contributed by atoms with Crippen LogP contribution in [0.25, 0.3) is 11.4 Å². The highest BCUT2D eigenvalue weighted by atomic mass is 32.2. The normalized spacial score (nSPS) is 15.8. The molecular weight excluding hydrogens is 414 g/mol. The van der Waals surface area contributed by atoms with E-state index in [2.05, 4.69) is 20.4 Å². The number of hydrogen-bond donors (Lipinski definition) is 1. The molecule has 2 aromatic heterocycles. The Bertz CT molecular complexity index is 1090. The summed E-state index contributed by atoms with van der Waals surface area (Å²) in [5.74, 6) is 1.66. The van der Waals surface area contributed by atoms with Gasteiger partial charge in [0.05, 0.1) is 5.88 Å².